The highest BCUT2D eigenvalue weighted by molar-refractivity contribution is 8.00. The largest absolute Gasteiger partial charge is 0.480 e. The fraction of sp³-hybridized carbons (Fsp3) is 0.400. The number of methoxy groups -OCH3 is 1. The number of nitrogens with zero attached hydrogens (tertiary/aromatic N) is 1. The molecule has 0 saturated carbocycles. The number of halogens is 4. The molecule has 0 radical (unpaired) electrons. The summed E-state index contributed by atoms with van der Waals surface area (Å²) in [4.78, 5) is 4.56. The molecule has 0 aromatic carbocycles. The van der Waals surface area contributed by atoms with Crippen LogP contribution in [-0.2, 0) is 4.74 Å². The van der Waals surface area contributed by atoms with E-state index in [4.69, 9.17) is 4.74 Å². The van der Waals surface area contributed by atoms with E-state index in [1.165, 1.54) is 23.1 Å². The van der Waals surface area contributed by atoms with Crippen molar-refractivity contribution in [3.05, 3.63) is 40.4 Å². The molecule has 0 amide bonds. The number of thiophene rings is 1. The Kier molecular flexibility index (Phi) is 7.34. The fourth-order valence-electron chi connectivity index (χ4n) is 1.68. The van der Waals surface area contributed by atoms with Gasteiger partial charge in [-0.3, -0.25) is 0 Å². The number of aliphatic imine (C=N–C) groups is 1. The van der Waals surface area contributed by atoms with Crippen LogP contribution in [0.15, 0.2) is 44.7 Å². The Labute approximate surface area is 141 Å². The number of ether oxygens (including phenoxy) is 1. The summed E-state index contributed by atoms with van der Waals surface area (Å²) < 4.78 is 59.0. The van der Waals surface area contributed by atoms with Crippen molar-refractivity contribution in [3.8, 4) is 0 Å². The Morgan fingerprint density at radius 3 is 2.48 bits per heavy atom. The molecule has 23 heavy (non-hydrogen) atoms. The summed E-state index contributed by atoms with van der Waals surface area (Å²) in [6, 6.07) is 3.61. The Balaban J connectivity index is 3.40. The number of rotatable bonds is 6. The second-order valence-electron chi connectivity index (χ2n) is 4.36. The molecule has 0 N–H and O–H groups in total. The molecule has 0 spiro atoms. The second-order valence-corrected chi connectivity index (χ2v) is 6.55. The van der Waals surface area contributed by atoms with Gasteiger partial charge in [-0.25, -0.2) is 9.38 Å². The van der Waals surface area contributed by atoms with Gasteiger partial charge in [0.05, 0.1) is 17.0 Å². The molecule has 0 saturated heterocycles. The molecule has 1 heterocycles. The zero-order chi connectivity index (χ0) is 17.6. The zero-order valence-electron chi connectivity index (χ0n) is 13.1. The molecule has 0 fully saturated rings. The van der Waals surface area contributed by atoms with Crippen LogP contribution in [0.3, 0.4) is 0 Å². The summed E-state index contributed by atoms with van der Waals surface area (Å²) in [5.74, 6) is -2.17. The summed E-state index contributed by atoms with van der Waals surface area (Å²) in [7, 11) is 1.04. The molecular weight excluding hydrogens is 350 g/mol. The molecule has 0 aliphatic rings. The molecule has 128 valence electrons. The molecule has 1 rings (SSSR count). The lowest BCUT2D eigenvalue weighted by atomic mass is 10.2. The second kappa shape index (κ2) is 8.54. The van der Waals surface area contributed by atoms with Crippen molar-refractivity contribution in [2.24, 2.45) is 4.99 Å². The van der Waals surface area contributed by atoms with Crippen molar-refractivity contribution < 1.29 is 22.3 Å². The third-order valence-electron chi connectivity index (χ3n) is 2.72. The van der Waals surface area contributed by atoms with Gasteiger partial charge in [-0.2, -0.15) is 13.2 Å². The summed E-state index contributed by atoms with van der Waals surface area (Å²) >= 11 is 2.92. The molecule has 0 unspecified atom stereocenters. The van der Waals surface area contributed by atoms with Crippen LogP contribution in [-0.4, -0.2) is 25.3 Å². The van der Waals surface area contributed by atoms with Gasteiger partial charge in [-0.05, 0) is 37.8 Å². The number of alkyl halides is 3. The van der Waals surface area contributed by atoms with Crippen molar-refractivity contribution >= 4 is 28.8 Å². The number of allylic oxidation sites excluding steroid dienone is 3. The van der Waals surface area contributed by atoms with Crippen LogP contribution in [0.4, 0.5) is 17.6 Å². The van der Waals surface area contributed by atoms with E-state index in [-0.39, 0.29) is 6.42 Å². The Morgan fingerprint density at radius 1 is 1.39 bits per heavy atom. The van der Waals surface area contributed by atoms with Crippen LogP contribution in [0.2, 0.25) is 0 Å². The van der Waals surface area contributed by atoms with Gasteiger partial charge in [0.25, 0.3) is 0 Å². The van der Waals surface area contributed by atoms with Crippen molar-refractivity contribution in [3.63, 3.8) is 0 Å². The maximum absolute atomic E-state index is 13.8. The van der Waals surface area contributed by atoms with Gasteiger partial charge >= 0.3 is 6.18 Å². The van der Waals surface area contributed by atoms with E-state index >= 15 is 0 Å². The lowest BCUT2D eigenvalue weighted by molar-refractivity contribution is -0.0944. The van der Waals surface area contributed by atoms with Crippen molar-refractivity contribution in [2.45, 2.75) is 30.7 Å². The zero-order valence-corrected chi connectivity index (χ0v) is 14.8. The van der Waals surface area contributed by atoms with Crippen molar-refractivity contribution in [1.82, 2.24) is 0 Å². The van der Waals surface area contributed by atoms with Gasteiger partial charge in [-0.1, -0.05) is 6.92 Å². The molecule has 2 nitrogen and oxygen atoms in total. The predicted molar refractivity (Wildman–Crippen MR) is 87.9 cm³/mol. The minimum absolute atomic E-state index is 0.132. The summed E-state index contributed by atoms with van der Waals surface area (Å²) in [6.45, 7) is 3.11. The maximum Gasteiger partial charge on any atom is 0.424 e. The maximum atomic E-state index is 13.8. The smallest absolute Gasteiger partial charge is 0.424 e. The minimum Gasteiger partial charge on any atom is -0.480 e. The van der Waals surface area contributed by atoms with Crippen molar-refractivity contribution in [2.75, 3.05) is 13.4 Å². The summed E-state index contributed by atoms with van der Waals surface area (Å²) in [5, 5.41) is 0. The molecule has 8 heteroatoms. The highest BCUT2D eigenvalue weighted by Crippen LogP contribution is 2.36. The van der Waals surface area contributed by atoms with Crippen LogP contribution >= 0.6 is 23.1 Å². The topological polar surface area (TPSA) is 21.6 Å². The number of hydrogen-bond acceptors (Lipinski definition) is 4. The van der Waals surface area contributed by atoms with E-state index in [2.05, 4.69) is 4.99 Å². The van der Waals surface area contributed by atoms with Gasteiger partial charge in [0.1, 0.15) is 5.83 Å². The first kappa shape index (κ1) is 19.8. The van der Waals surface area contributed by atoms with Crippen LogP contribution in [0.5, 0.6) is 0 Å². The van der Waals surface area contributed by atoms with Crippen LogP contribution < -0.4 is 0 Å². The number of hydrogen-bond donors (Lipinski definition) is 0. The molecule has 0 aliphatic heterocycles. The summed E-state index contributed by atoms with van der Waals surface area (Å²) in [5.41, 5.74) is -1.17. The first-order valence-electron chi connectivity index (χ1n) is 6.65. The van der Waals surface area contributed by atoms with E-state index < -0.39 is 23.5 Å². The van der Waals surface area contributed by atoms with Gasteiger partial charge in [-0.15, -0.1) is 23.1 Å². The molecule has 1 aromatic heterocycles. The van der Waals surface area contributed by atoms with E-state index in [0.717, 1.165) is 17.4 Å². The molecule has 0 bridgehead atoms. The quantitative estimate of drug-likeness (QED) is 0.203. The van der Waals surface area contributed by atoms with E-state index in [1.807, 2.05) is 12.3 Å². The first-order valence-corrected chi connectivity index (χ1v) is 8.69. The Morgan fingerprint density at radius 2 is 2.04 bits per heavy atom. The Hall–Kier alpha value is -1.28. The van der Waals surface area contributed by atoms with Gasteiger partial charge < -0.3 is 4.74 Å². The van der Waals surface area contributed by atoms with E-state index in [9.17, 15) is 17.6 Å². The van der Waals surface area contributed by atoms with Gasteiger partial charge in [0.15, 0.2) is 5.57 Å². The normalized spacial score (nSPS) is 14.8. The lowest BCUT2D eigenvalue weighted by Gasteiger charge is -2.13. The predicted octanol–water partition coefficient (Wildman–Crippen LogP) is 5.96. The number of thioether (sulfide) groups is 1. The van der Waals surface area contributed by atoms with Crippen LogP contribution in [0.1, 0.15) is 25.1 Å². The van der Waals surface area contributed by atoms with Gasteiger partial charge in [0, 0.05) is 4.88 Å². The Bertz CT molecular complexity index is 630. The average molecular weight is 367 g/mol. The lowest BCUT2D eigenvalue weighted by Crippen LogP contribution is -2.16. The average Bonchev–Trinajstić information content (AvgIpc) is 2.94. The van der Waals surface area contributed by atoms with E-state index in [0.29, 0.717) is 10.6 Å². The molecule has 1 aromatic rings. The fourth-order valence-corrected chi connectivity index (χ4v) is 3.16. The minimum atomic E-state index is -4.90. The highest BCUT2D eigenvalue weighted by Gasteiger charge is 2.40. The third-order valence-corrected chi connectivity index (χ3v) is 5.00. The molecular formula is C15H17F4NOS2. The van der Waals surface area contributed by atoms with E-state index in [1.54, 1.807) is 19.9 Å². The van der Waals surface area contributed by atoms with Crippen molar-refractivity contribution in [1.29, 1.82) is 0 Å². The standard InChI is InChI=1S/C15H17F4NOS2/c1-5-6-10(16)13(15(17,18)19)14(21-3)20-9(2)11-7-8-12(22-4)23-11/h6-8H,5H2,1-4H3/b10-6-,14-13-,20-9?. The SMILES string of the molecule is CC/C=C(F)/C(=C(\N=C(C)c1ccc(SC)s1)OC)C(F)(F)F. The highest BCUT2D eigenvalue weighted by atomic mass is 32.2. The third kappa shape index (κ3) is 5.39. The molecule has 0 aliphatic carbocycles. The first-order chi connectivity index (χ1) is 10.7. The van der Waals surface area contributed by atoms with Gasteiger partial charge in [0.2, 0.25) is 5.88 Å². The van der Waals surface area contributed by atoms with Crippen LogP contribution in [0, 0.1) is 0 Å². The van der Waals surface area contributed by atoms with Crippen LogP contribution in [0.25, 0.3) is 0 Å². The summed E-state index contributed by atoms with van der Waals surface area (Å²) in [6.07, 6.45) is -2.02. The molecule has 0 atom stereocenters. The monoisotopic (exact) mass is 367 g/mol.